The molecule has 0 fully saturated rings. The largest absolute Gasteiger partial charge is 0.321 e. The average molecular weight is 385 g/mol. The quantitative estimate of drug-likeness (QED) is 0.602. The molecule has 2 nitrogen and oxygen atoms in total. The number of thiophene rings is 1. The second-order valence-electron chi connectivity index (χ2n) is 4.35. The van der Waals surface area contributed by atoms with Gasteiger partial charge in [0, 0.05) is 20.2 Å². The molecule has 2 aromatic carbocycles. The molecule has 0 aliphatic rings. The van der Waals surface area contributed by atoms with Crippen LogP contribution in [0.1, 0.15) is 9.67 Å². The molecule has 0 saturated carbocycles. The van der Waals surface area contributed by atoms with E-state index in [1.807, 2.05) is 18.2 Å². The van der Waals surface area contributed by atoms with Crippen molar-refractivity contribution in [2.24, 2.45) is 0 Å². The van der Waals surface area contributed by atoms with Crippen molar-refractivity contribution < 1.29 is 9.18 Å². The summed E-state index contributed by atoms with van der Waals surface area (Å²) in [5.41, 5.74) is 0.524. The second-order valence-corrected chi connectivity index (χ2v) is 6.69. The van der Waals surface area contributed by atoms with Crippen LogP contribution in [0.5, 0.6) is 0 Å². The summed E-state index contributed by atoms with van der Waals surface area (Å²) in [5.74, 6) is -0.651. The van der Waals surface area contributed by atoms with E-state index in [0.717, 1.165) is 14.6 Å². The molecular weight excluding hydrogens is 377 g/mol. The van der Waals surface area contributed by atoms with Crippen LogP contribution < -0.4 is 5.32 Å². The number of carbonyl (C=O) groups excluding carboxylic acids is 1. The SMILES string of the molecule is O=C(Nc1ccc(F)cc1)c1sc2cc(Br)ccc2c1Cl. The van der Waals surface area contributed by atoms with E-state index in [0.29, 0.717) is 15.6 Å². The van der Waals surface area contributed by atoms with Crippen LogP contribution in [-0.2, 0) is 0 Å². The van der Waals surface area contributed by atoms with Crippen LogP contribution in [0.4, 0.5) is 10.1 Å². The van der Waals surface area contributed by atoms with Crippen molar-refractivity contribution >= 4 is 60.5 Å². The smallest absolute Gasteiger partial charge is 0.267 e. The molecule has 3 rings (SSSR count). The standard InChI is InChI=1S/C15H8BrClFNOS/c16-8-1-6-11-12(7-8)21-14(13(11)17)15(20)19-10-4-2-9(18)3-5-10/h1-7H,(H,19,20). The minimum atomic E-state index is -0.349. The fourth-order valence-corrected chi connectivity index (χ4v) is 3.87. The number of carbonyl (C=O) groups is 1. The normalized spacial score (nSPS) is 10.8. The highest BCUT2D eigenvalue weighted by Crippen LogP contribution is 2.37. The molecule has 0 bridgehead atoms. The molecule has 0 atom stereocenters. The van der Waals surface area contributed by atoms with Crippen molar-refractivity contribution in [1.82, 2.24) is 0 Å². The van der Waals surface area contributed by atoms with Crippen LogP contribution in [0.3, 0.4) is 0 Å². The van der Waals surface area contributed by atoms with E-state index in [1.54, 1.807) is 0 Å². The van der Waals surface area contributed by atoms with Crippen molar-refractivity contribution in [3.8, 4) is 0 Å². The van der Waals surface area contributed by atoms with Gasteiger partial charge in [0.1, 0.15) is 10.7 Å². The molecule has 0 radical (unpaired) electrons. The molecule has 21 heavy (non-hydrogen) atoms. The van der Waals surface area contributed by atoms with E-state index in [2.05, 4.69) is 21.2 Å². The highest BCUT2D eigenvalue weighted by molar-refractivity contribution is 9.10. The monoisotopic (exact) mass is 383 g/mol. The van der Waals surface area contributed by atoms with Crippen molar-refractivity contribution in [1.29, 1.82) is 0 Å². The molecule has 106 valence electrons. The Balaban J connectivity index is 1.94. The van der Waals surface area contributed by atoms with Gasteiger partial charge in [0.2, 0.25) is 0 Å². The zero-order valence-corrected chi connectivity index (χ0v) is 13.7. The van der Waals surface area contributed by atoms with Gasteiger partial charge in [0.15, 0.2) is 0 Å². The summed E-state index contributed by atoms with van der Waals surface area (Å²) in [6.07, 6.45) is 0. The first-order chi connectivity index (χ1) is 10.0. The summed E-state index contributed by atoms with van der Waals surface area (Å²) in [5, 5.41) is 3.98. The molecule has 0 saturated heterocycles. The molecule has 3 aromatic rings. The molecule has 0 spiro atoms. The Bertz CT molecular complexity index is 832. The zero-order chi connectivity index (χ0) is 15.0. The van der Waals surface area contributed by atoms with Crippen LogP contribution in [0.25, 0.3) is 10.1 Å². The summed E-state index contributed by atoms with van der Waals surface area (Å²) < 4.78 is 14.7. The van der Waals surface area contributed by atoms with Crippen molar-refractivity contribution in [3.05, 3.63) is 62.7 Å². The summed E-state index contributed by atoms with van der Waals surface area (Å²) in [7, 11) is 0. The zero-order valence-electron chi connectivity index (χ0n) is 10.5. The number of halogens is 3. The van der Waals surface area contributed by atoms with Gasteiger partial charge >= 0.3 is 0 Å². The van der Waals surface area contributed by atoms with Crippen LogP contribution >= 0.6 is 38.9 Å². The lowest BCUT2D eigenvalue weighted by atomic mass is 10.2. The lowest BCUT2D eigenvalue weighted by Gasteiger charge is -2.03. The maximum absolute atomic E-state index is 12.9. The minimum Gasteiger partial charge on any atom is -0.321 e. The van der Waals surface area contributed by atoms with Gasteiger partial charge in [0.05, 0.1) is 5.02 Å². The second kappa shape index (κ2) is 5.75. The van der Waals surface area contributed by atoms with Crippen LogP contribution in [0.15, 0.2) is 46.9 Å². The van der Waals surface area contributed by atoms with E-state index >= 15 is 0 Å². The van der Waals surface area contributed by atoms with Crippen molar-refractivity contribution in [3.63, 3.8) is 0 Å². The number of amides is 1. The highest BCUT2D eigenvalue weighted by atomic mass is 79.9. The number of benzene rings is 2. The summed E-state index contributed by atoms with van der Waals surface area (Å²) in [4.78, 5) is 12.7. The Hall–Kier alpha value is -1.43. The first-order valence-electron chi connectivity index (χ1n) is 5.99. The molecular formula is C15H8BrClFNOS. The van der Waals surface area contributed by atoms with Crippen molar-refractivity contribution in [2.45, 2.75) is 0 Å². The molecule has 1 aromatic heterocycles. The van der Waals surface area contributed by atoms with E-state index in [1.165, 1.54) is 35.6 Å². The molecule has 6 heteroatoms. The fourth-order valence-electron chi connectivity index (χ4n) is 1.91. The predicted octanol–water partition coefficient (Wildman–Crippen LogP) is 5.71. The van der Waals surface area contributed by atoms with Crippen molar-refractivity contribution in [2.75, 3.05) is 5.32 Å². The van der Waals surface area contributed by atoms with E-state index in [9.17, 15) is 9.18 Å². The number of fused-ring (bicyclic) bond motifs is 1. The molecule has 1 amide bonds. The van der Waals surface area contributed by atoms with Gasteiger partial charge in [-0.25, -0.2) is 4.39 Å². The Labute approximate surface area is 137 Å². The molecule has 0 aliphatic heterocycles. The van der Waals surface area contributed by atoms with Crippen LogP contribution in [-0.4, -0.2) is 5.91 Å². The number of nitrogens with one attached hydrogen (secondary N) is 1. The molecule has 1 heterocycles. The maximum Gasteiger partial charge on any atom is 0.267 e. The third-order valence-electron chi connectivity index (χ3n) is 2.90. The first-order valence-corrected chi connectivity index (χ1v) is 7.98. The minimum absolute atomic E-state index is 0.302. The third-order valence-corrected chi connectivity index (χ3v) is 5.05. The number of anilines is 1. The van der Waals surface area contributed by atoms with Gasteiger partial charge in [-0.2, -0.15) is 0 Å². The lowest BCUT2D eigenvalue weighted by molar-refractivity contribution is 0.103. The van der Waals surface area contributed by atoms with Gasteiger partial charge < -0.3 is 5.32 Å². The average Bonchev–Trinajstić information content (AvgIpc) is 2.78. The highest BCUT2D eigenvalue weighted by Gasteiger charge is 2.17. The Kier molecular flexibility index (Phi) is 3.97. The van der Waals surface area contributed by atoms with Crippen LogP contribution in [0, 0.1) is 5.82 Å². The fraction of sp³-hybridized carbons (Fsp3) is 0. The number of hydrogen-bond donors (Lipinski definition) is 1. The number of rotatable bonds is 2. The summed E-state index contributed by atoms with van der Waals surface area (Å²) >= 11 is 11.0. The topological polar surface area (TPSA) is 29.1 Å². The number of hydrogen-bond acceptors (Lipinski definition) is 2. The Morgan fingerprint density at radius 3 is 2.62 bits per heavy atom. The molecule has 0 unspecified atom stereocenters. The molecule has 0 aliphatic carbocycles. The van der Waals surface area contributed by atoms with Gasteiger partial charge in [-0.05, 0) is 36.4 Å². The predicted molar refractivity (Wildman–Crippen MR) is 88.9 cm³/mol. The van der Waals surface area contributed by atoms with Gasteiger partial charge in [0.25, 0.3) is 5.91 Å². The van der Waals surface area contributed by atoms with E-state index in [-0.39, 0.29) is 11.7 Å². The van der Waals surface area contributed by atoms with E-state index in [4.69, 9.17) is 11.6 Å². The molecule has 1 N–H and O–H groups in total. The van der Waals surface area contributed by atoms with Crippen LogP contribution in [0.2, 0.25) is 5.02 Å². The van der Waals surface area contributed by atoms with Gasteiger partial charge in [-0.15, -0.1) is 11.3 Å². The Morgan fingerprint density at radius 2 is 1.90 bits per heavy atom. The van der Waals surface area contributed by atoms with Gasteiger partial charge in [-0.1, -0.05) is 33.6 Å². The van der Waals surface area contributed by atoms with Gasteiger partial charge in [-0.3, -0.25) is 4.79 Å². The van der Waals surface area contributed by atoms with E-state index < -0.39 is 0 Å². The maximum atomic E-state index is 12.9. The lowest BCUT2D eigenvalue weighted by Crippen LogP contribution is -2.10. The third kappa shape index (κ3) is 2.95. The summed E-state index contributed by atoms with van der Waals surface area (Å²) in [6, 6.07) is 11.3. The Morgan fingerprint density at radius 1 is 1.19 bits per heavy atom. The first kappa shape index (κ1) is 14.5. The summed E-state index contributed by atoms with van der Waals surface area (Å²) in [6.45, 7) is 0.